The van der Waals surface area contributed by atoms with Crippen molar-refractivity contribution in [3.8, 4) is 0 Å². The largest absolute Gasteiger partial charge is 0.332 e. The molecule has 2 heterocycles. The van der Waals surface area contributed by atoms with Gasteiger partial charge in [-0.2, -0.15) is 0 Å². The summed E-state index contributed by atoms with van der Waals surface area (Å²) in [5.41, 5.74) is 1.63. The van der Waals surface area contributed by atoms with Crippen molar-refractivity contribution in [3.63, 3.8) is 0 Å². The molecule has 0 saturated carbocycles. The van der Waals surface area contributed by atoms with E-state index in [1.165, 1.54) is 12.1 Å². The molecule has 1 saturated heterocycles. The fourth-order valence-electron chi connectivity index (χ4n) is 2.87. The number of carbonyl (C=O) groups is 3. The van der Waals surface area contributed by atoms with Crippen LogP contribution in [0.4, 0.5) is 9.18 Å². The minimum Gasteiger partial charge on any atom is -0.332 e. The molecule has 1 fully saturated rings. The molecule has 1 aliphatic heterocycles. The lowest BCUT2D eigenvalue weighted by atomic mass is 10.1. The van der Waals surface area contributed by atoms with E-state index in [4.69, 9.17) is 0 Å². The Morgan fingerprint density at radius 1 is 1.07 bits per heavy atom. The van der Waals surface area contributed by atoms with E-state index in [1.807, 2.05) is 0 Å². The molecule has 1 atom stereocenters. The molecule has 0 aliphatic carbocycles. The molecule has 1 unspecified atom stereocenters. The first-order valence-electron chi connectivity index (χ1n) is 8.54. The molecule has 2 N–H and O–H groups in total. The summed E-state index contributed by atoms with van der Waals surface area (Å²) < 4.78 is 13.2. The van der Waals surface area contributed by atoms with Crippen LogP contribution in [0.15, 0.2) is 48.8 Å². The van der Waals surface area contributed by atoms with Gasteiger partial charge in [0.15, 0.2) is 0 Å². The van der Waals surface area contributed by atoms with Crippen LogP contribution in [-0.4, -0.2) is 33.8 Å². The number of nitrogens with one attached hydrogen (secondary N) is 2. The summed E-state index contributed by atoms with van der Waals surface area (Å²) in [5.74, 6) is -1.07. The Labute approximate surface area is 155 Å². The highest BCUT2D eigenvalue weighted by Gasteiger charge is 2.29. The first kappa shape index (κ1) is 18.5. The van der Waals surface area contributed by atoms with Crippen molar-refractivity contribution in [1.29, 1.82) is 0 Å². The average molecular weight is 370 g/mol. The number of aromatic nitrogens is 1. The molecule has 4 amide bonds. The molecule has 0 spiro atoms. The number of urea groups is 1. The van der Waals surface area contributed by atoms with Crippen molar-refractivity contribution in [1.82, 2.24) is 20.5 Å². The lowest BCUT2D eigenvalue weighted by Crippen LogP contribution is -2.49. The number of imide groups is 1. The van der Waals surface area contributed by atoms with Gasteiger partial charge in [-0.05, 0) is 41.8 Å². The summed E-state index contributed by atoms with van der Waals surface area (Å²) in [7, 11) is 0. The zero-order valence-electron chi connectivity index (χ0n) is 14.5. The predicted molar refractivity (Wildman–Crippen MR) is 94.6 cm³/mol. The number of hydrogen-bond donors (Lipinski definition) is 2. The highest BCUT2D eigenvalue weighted by atomic mass is 19.1. The van der Waals surface area contributed by atoms with Gasteiger partial charge in [-0.1, -0.05) is 12.1 Å². The lowest BCUT2D eigenvalue weighted by Gasteiger charge is -2.27. The highest BCUT2D eigenvalue weighted by molar-refractivity contribution is 5.98. The maximum Gasteiger partial charge on any atom is 0.322 e. The van der Waals surface area contributed by atoms with Crippen LogP contribution in [-0.2, 0) is 22.7 Å². The molecular formula is C19H19FN4O3. The number of benzene rings is 1. The van der Waals surface area contributed by atoms with E-state index in [1.54, 1.807) is 41.6 Å². The van der Waals surface area contributed by atoms with Gasteiger partial charge < -0.3 is 10.2 Å². The number of pyridine rings is 1. The van der Waals surface area contributed by atoms with Gasteiger partial charge in [0.25, 0.3) is 0 Å². The quantitative estimate of drug-likeness (QED) is 0.839. The Bertz CT molecular complexity index is 827. The van der Waals surface area contributed by atoms with E-state index in [0.717, 1.165) is 11.1 Å². The molecule has 27 heavy (non-hydrogen) atoms. The number of amides is 4. The molecule has 7 nitrogen and oxygen atoms in total. The Hall–Kier alpha value is -3.29. The van der Waals surface area contributed by atoms with Crippen LogP contribution in [0.5, 0.6) is 0 Å². The van der Waals surface area contributed by atoms with Gasteiger partial charge in [0, 0.05) is 31.9 Å². The van der Waals surface area contributed by atoms with E-state index in [-0.39, 0.29) is 31.1 Å². The molecule has 1 aliphatic rings. The molecule has 0 radical (unpaired) electrons. The summed E-state index contributed by atoms with van der Waals surface area (Å²) in [6, 6.07) is 7.99. The van der Waals surface area contributed by atoms with E-state index >= 15 is 0 Å². The van der Waals surface area contributed by atoms with Crippen LogP contribution in [0.2, 0.25) is 0 Å². The SMILES string of the molecule is O=C1CCC(C(=O)N(Cc2ccncc2)Cc2ccc(F)cc2)NC(=O)N1. The highest BCUT2D eigenvalue weighted by Crippen LogP contribution is 2.14. The molecule has 2 aromatic rings. The van der Waals surface area contributed by atoms with E-state index in [9.17, 15) is 18.8 Å². The molecule has 8 heteroatoms. The molecule has 140 valence electrons. The average Bonchev–Trinajstić information content (AvgIpc) is 2.83. The fraction of sp³-hybridized carbons (Fsp3) is 0.263. The van der Waals surface area contributed by atoms with E-state index < -0.39 is 18.0 Å². The van der Waals surface area contributed by atoms with Gasteiger partial charge in [0.1, 0.15) is 11.9 Å². The summed E-state index contributed by atoms with van der Waals surface area (Å²) in [6.45, 7) is 0.543. The third-order valence-electron chi connectivity index (χ3n) is 4.24. The monoisotopic (exact) mass is 370 g/mol. The Balaban J connectivity index is 1.81. The van der Waals surface area contributed by atoms with Gasteiger partial charge in [-0.15, -0.1) is 0 Å². The second-order valence-corrected chi connectivity index (χ2v) is 6.29. The van der Waals surface area contributed by atoms with Crippen molar-refractivity contribution in [3.05, 3.63) is 65.7 Å². The Morgan fingerprint density at radius 3 is 2.37 bits per heavy atom. The van der Waals surface area contributed by atoms with Gasteiger partial charge in [0.05, 0.1) is 0 Å². The third-order valence-corrected chi connectivity index (χ3v) is 4.24. The van der Waals surface area contributed by atoms with Crippen LogP contribution in [0.3, 0.4) is 0 Å². The number of rotatable bonds is 5. The Kier molecular flexibility index (Phi) is 5.75. The van der Waals surface area contributed by atoms with Crippen LogP contribution in [0.1, 0.15) is 24.0 Å². The third kappa shape index (κ3) is 5.10. The van der Waals surface area contributed by atoms with Crippen LogP contribution in [0, 0.1) is 5.82 Å². The zero-order chi connectivity index (χ0) is 19.2. The summed E-state index contributed by atoms with van der Waals surface area (Å²) >= 11 is 0. The van der Waals surface area contributed by atoms with Crippen LogP contribution < -0.4 is 10.6 Å². The van der Waals surface area contributed by atoms with Gasteiger partial charge >= 0.3 is 6.03 Å². The minimum atomic E-state index is -0.807. The lowest BCUT2D eigenvalue weighted by molar-refractivity contribution is -0.134. The van der Waals surface area contributed by atoms with Gasteiger partial charge in [-0.25, -0.2) is 9.18 Å². The van der Waals surface area contributed by atoms with E-state index in [0.29, 0.717) is 6.54 Å². The van der Waals surface area contributed by atoms with Gasteiger partial charge in [-0.3, -0.25) is 19.9 Å². The van der Waals surface area contributed by atoms with Crippen LogP contribution >= 0.6 is 0 Å². The normalized spacial score (nSPS) is 16.9. The smallest absolute Gasteiger partial charge is 0.322 e. The molecule has 1 aromatic carbocycles. The van der Waals surface area contributed by atoms with Crippen molar-refractivity contribution < 1.29 is 18.8 Å². The van der Waals surface area contributed by atoms with Gasteiger partial charge in [0.2, 0.25) is 11.8 Å². The van der Waals surface area contributed by atoms with Crippen molar-refractivity contribution in [2.24, 2.45) is 0 Å². The number of nitrogens with zero attached hydrogens (tertiary/aromatic N) is 2. The molecular weight excluding hydrogens is 351 g/mol. The summed E-state index contributed by atoms with van der Waals surface area (Å²) in [4.78, 5) is 41.8. The first-order valence-corrected chi connectivity index (χ1v) is 8.54. The van der Waals surface area contributed by atoms with Crippen molar-refractivity contribution in [2.45, 2.75) is 32.0 Å². The molecule has 0 bridgehead atoms. The number of halogens is 1. The molecule has 3 rings (SSSR count). The van der Waals surface area contributed by atoms with Crippen molar-refractivity contribution >= 4 is 17.8 Å². The second kappa shape index (κ2) is 8.39. The second-order valence-electron chi connectivity index (χ2n) is 6.29. The number of carbonyl (C=O) groups excluding carboxylic acids is 3. The maximum atomic E-state index is 13.2. The topological polar surface area (TPSA) is 91.4 Å². The summed E-state index contributed by atoms with van der Waals surface area (Å²) in [5, 5.41) is 4.70. The first-order chi connectivity index (χ1) is 13.0. The van der Waals surface area contributed by atoms with Crippen molar-refractivity contribution in [2.75, 3.05) is 0 Å². The summed E-state index contributed by atoms with van der Waals surface area (Å²) in [6.07, 6.45) is 3.55. The molecule has 1 aromatic heterocycles. The maximum absolute atomic E-state index is 13.2. The minimum absolute atomic E-state index is 0.0782. The fourth-order valence-corrected chi connectivity index (χ4v) is 2.87. The Morgan fingerprint density at radius 2 is 1.70 bits per heavy atom. The van der Waals surface area contributed by atoms with Crippen LogP contribution in [0.25, 0.3) is 0 Å². The zero-order valence-corrected chi connectivity index (χ0v) is 14.5. The predicted octanol–water partition coefficient (Wildman–Crippen LogP) is 1.74. The standard InChI is InChI=1S/C19H19FN4O3/c20-15-3-1-13(2-4-15)11-24(12-14-7-9-21-10-8-14)18(26)16-5-6-17(25)23-19(27)22-16/h1-4,7-10,16H,5-6,11-12H2,(H2,22,23,25,27). The number of hydrogen-bond acceptors (Lipinski definition) is 4. The van der Waals surface area contributed by atoms with E-state index in [2.05, 4.69) is 15.6 Å².